The van der Waals surface area contributed by atoms with Crippen molar-refractivity contribution in [2.45, 2.75) is 25.3 Å². The molecule has 3 amide bonds. The molecule has 32 heavy (non-hydrogen) atoms. The number of alkyl halides is 6. The van der Waals surface area contributed by atoms with Crippen molar-refractivity contribution in [3.05, 3.63) is 23.8 Å². The van der Waals surface area contributed by atoms with Crippen molar-refractivity contribution in [3.8, 4) is 0 Å². The summed E-state index contributed by atoms with van der Waals surface area (Å²) in [5.41, 5.74) is 2.90. The highest BCUT2D eigenvalue weighted by Crippen LogP contribution is 2.38. The number of halogens is 6. The monoisotopic (exact) mass is 470 g/mol. The van der Waals surface area contributed by atoms with Gasteiger partial charge in [0.15, 0.2) is 6.04 Å². The number of ether oxygens (including phenoxy) is 1. The van der Waals surface area contributed by atoms with Crippen LogP contribution in [0.3, 0.4) is 0 Å². The number of likely N-dealkylation sites (N-methyl/N-ethyl adjacent to an activating group) is 1. The lowest BCUT2D eigenvalue weighted by Gasteiger charge is -2.30. The van der Waals surface area contributed by atoms with Crippen molar-refractivity contribution in [3.63, 3.8) is 0 Å². The zero-order valence-corrected chi connectivity index (χ0v) is 16.7. The number of primary amides is 1. The summed E-state index contributed by atoms with van der Waals surface area (Å²) >= 11 is 0. The maximum absolute atomic E-state index is 13.6. The van der Waals surface area contributed by atoms with E-state index in [1.165, 1.54) is 6.92 Å². The predicted octanol–water partition coefficient (Wildman–Crippen LogP) is 1.75. The van der Waals surface area contributed by atoms with Gasteiger partial charge in [-0.2, -0.15) is 26.3 Å². The number of anilines is 2. The number of morpholine rings is 1. The first-order valence-electron chi connectivity index (χ1n) is 9.25. The third-order valence-electron chi connectivity index (χ3n) is 4.52. The fourth-order valence-corrected chi connectivity index (χ4v) is 3.15. The number of rotatable bonds is 7. The van der Waals surface area contributed by atoms with Crippen molar-refractivity contribution in [2.75, 3.05) is 43.1 Å². The van der Waals surface area contributed by atoms with Gasteiger partial charge in [-0.3, -0.25) is 19.3 Å². The minimum atomic E-state index is -4.93. The molecule has 1 aliphatic rings. The first-order valence-corrected chi connectivity index (χ1v) is 9.25. The van der Waals surface area contributed by atoms with E-state index in [-0.39, 0.29) is 19.7 Å². The molecule has 8 nitrogen and oxygen atoms in total. The van der Waals surface area contributed by atoms with Gasteiger partial charge in [0.1, 0.15) is 6.61 Å². The summed E-state index contributed by atoms with van der Waals surface area (Å²) < 4.78 is 84.0. The molecule has 1 aromatic rings. The van der Waals surface area contributed by atoms with Gasteiger partial charge in [-0.1, -0.05) is 6.92 Å². The average Bonchev–Trinajstić information content (AvgIpc) is 2.66. The summed E-state index contributed by atoms with van der Waals surface area (Å²) in [4.78, 5) is 37.4. The summed E-state index contributed by atoms with van der Waals surface area (Å²) in [5.74, 6) is -3.43. The molecule has 1 heterocycles. The Morgan fingerprint density at radius 1 is 1.25 bits per heavy atom. The molecule has 178 valence electrons. The maximum atomic E-state index is 13.6. The third-order valence-corrected chi connectivity index (χ3v) is 4.52. The molecule has 0 radical (unpaired) electrons. The molecule has 0 unspecified atom stereocenters. The topological polar surface area (TPSA) is 105 Å². The number of benzene rings is 1. The molecule has 3 N–H and O–H groups in total. The van der Waals surface area contributed by atoms with E-state index in [4.69, 9.17) is 10.5 Å². The van der Waals surface area contributed by atoms with E-state index in [9.17, 15) is 40.7 Å². The van der Waals surface area contributed by atoms with Gasteiger partial charge in [-0.05, 0) is 24.7 Å². The zero-order chi connectivity index (χ0) is 24.3. The van der Waals surface area contributed by atoms with Crippen molar-refractivity contribution in [2.24, 2.45) is 5.73 Å². The van der Waals surface area contributed by atoms with E-state index >= 15 is 0 Å². The number of nitrogens with one attached hydrogen (secondary N) is 1. The molecule has 0 aromatic heterocycles. The van der Waals surface area contributed by atoms with Crippen LogP contribution < -0.4 is 16.0 Å². The number of carbonyl (C=O) groups is 3. The quantitative estimate of drug-likeness (QED) is 0.467. The number of hydrogen-bond donors (Lipinski definition) is 2. The normalized spacial score (nSPS) is 16.2. The van der Waals surface area contributed by atoms with Crippen LogP contribution >= 0.6 is 0 Å². The van der Waals surface area contributed by atoms with Crippen LogP contribution in [0.5, 0.6) is 0 Å². The molecule has 1 aliphatic heterocycles. The number of amides is 3. The number of nitrogens with two attached hydrogens (primary N) is 1. The van der Waals surface area contributed by atoms with Crippen LogP contribution in [-0.4, -0.2) is 67.7 Å². The molecular formula is C18H20F6N4O4. The largest absolute Gasteiger partial charge is 0.418 e. The van der Waals surface area contributed by atoms with Gasteiger partial charge in [-0.25, -0.2) is 0 Å². The molecule has 0 spiro atoms. The number of nitrogens with zero attached hydrogens (tertiary/aromatic N) is 2. The molecule has 1 fully saturated rings. The minimum absolute atomic E-state index is 0.0217. The first kappa shape index (κ1) is 25.4. The SMILES string of the molecule is CCN(CC(F)(F)F)[C@@H](C(N)=O)C(=O)Nc1ccc(N2CCOCC2=O)c(C(F)(F)F)c1. The van der Waals surface area contributed by atoms with E-state index in [2.05, 4.69) is 0 Å². The Morgan fingerprint density at radius 2 is 1.91 bits per heavy atom. The van der Waals surface area contributed by atoms with E-state index in [1.54, 1.807) is 0 Å². The molecule has 2 rings (SSSR count). The predicted molar refractivity (Wildman–Crippen MR) is 99.5 cm³/mol. The van der Waals surface area contributed by atoms with Gasteiger partial charge < -0.3 is 20.7 Å². The smallest absolute Gasteiger partial charge is 0.370 e. The van der Waals surface area contributed by atoms with E-state index in [1.807, 2.05) is 5.32 Å². The lowest BCUT2D eigenvalue weighted by molar-refractivity contribution is -0.156. The summed E-state index contributed by atoms with van der Waals surface area (Å²) in [5, 5.41) is 2.00. The highest BCUT2D eigenvalue weighted by Gasteiger charge is 2.40. The second-order valence-corrected chi connectivity index (χ2v) is 6.80. The molecule has 0 bridgehead atoms. The Balaban J connectivity index is 2.35. The highest BCUT2D eigenvalue weighted by molar-refractivity contribution is 6.09. The van der Waals surface area contributed by atoms with Crippen LogP contribution in [0.4, 0.5) is 37.7 Å². The number of hydrogen-bond acceptors (Lipinski definition) is 5. The van der Waals surface area contributed by atoms with Crippen molar-refractivity contribution >= 4 is 29.1 Å². The Labute approximate surface area is 178 Å². The van der Waals surface area contributed by atoms with Crippen LogP contribution in [0.2, 0.25) is 0 Å². The van der Waals surface area contributed by atoms with Crippen molar-refractivity contribution in [1.82, 2.24) is 4.90 Å². The van der Waals surface area contributed by atoms with Gasteiger partial charge in [0.2, 0.25) is 5.91 Å². The Morgan fingerprint density at radius 3 is 2.41 bits per heavy atom. The molecule has 0 aliphatic carbocycles. The van der Waals surface area contributed by atoms with Crippen LogP contribution in [0.15, 0.2) is 18.2 Å². The van der Waals surface area contributed by atoms with E-state index in [0.717, 1.165) is 17.0 Å². The lowest BCUT2D eigenvalue weighted by atomic mass is 10.1. The highest BCUT2D eigenvalue weighted by atomic mass is 19.4. The Kier molecular flexibility index (Phi) is 7.72. The zero-order valence-electron chi connectivity index (χ0n) is 16.7. The number of carbonyl (C=O) groups excluding carboxylic acids is 3. The van der Waals surface area contributed by atoms with Crippen LogP contribution in [0.25, 0.3) is 0 Å². The Bertz CT molecular complexity index is 874. The summed E-state index contributed by atoms with van der Waals surface area (Å²) in [7, 11) is 0. The van der Waals surface area contributed by atoms with Crippen LogP contribution in [0.1, 0.15) is 12.5 Å². The van der Waals surface area contributed by atoms with Gasteiger partial charge in [0.25, 0.3) is 11.8 Å². The molecular weight excluding hydrogens is 450 g/mol. The maximum Gasteiger partial charge on any atom is 0.418 e. The second kappa shape index (κ2) is 9.73. The van der Waals surface area contributed by atoms with Gasteiger partial charge in [0, 0.05) is 12.2 Å². The van der Waals surface area contributed by atoms with Crippen molar-refractivity contribution < 1.29 is 45.5 Å². The van der Waals surface area contributed by atoms with Gasteiger partial charge in [-0.15, -0.1) is 0 Å². The molecule has 1 atom stereocenters. The summed E-state index contributed by atoms with van der Waals surface area (Å²) in [6.07, 6.45) is -9.68. The molecule has 1 saturated heterocycles. The fourth-order valence-electron chi connectivity index (χ4n) is 3.15. The van der Waals surface area contributed by atoms with Gasteiger partial charge in [0.05, 0.1) is 24.4 Å². The van der Waals surface area contributed by atoms with Gasteiger partial charge >= 0.3 is 12.4 Å². The molecule has 0 saturated carbocycles. The first-order chi connectivity index (χ1) is 14.7. The second-order valence-electron chi connectivity index (χ2n) is 6.80. The molecule has 14 heteroatoms. The van der Waals surface area contributed by atoms with Crippen LogP contribution in [-0.2, 0) is 25.3 Å². The minimum Gasteiger partial charge on any atom is -0.370 e. The van der Waals surface area contributed by atoms with E-state index in [0.29, 0.717) is 11.0 Å². The fraction of sp³-hybridized carbons (Fsp3) is 0.500. The summed E-state index contributed by atoms with van der Waals surface area (Å²) in [6.45, 7) is -1.26. The van der Waals surface area contributed by atoms with Crippen LogP contribution in [0, 0.1) is 0 Å². The average molecular weight is 470 g/mol. The molecule has 1 aromatic carbocycles. The lowest BCUT2D eigenvalue weighted by Crippen LogP contribution is -2.54. The van der Waals surface area contributed by atoms with E-state index < -0.39 is 66.2 Å². The van der Waals surface area contributed by atoms with Crippen molar-refractivity contribution in [1.29, 1.82) is 0 Å². The summed E-state index contributed by atoms with van der Waals surface area (Å²) in [6, 6.07) is 0.419. The third kappa shape index (κ3) is 6.32. The Hall–Kier alpha value is -2.87. The standard InChI is InChI=1S/C18H20F6N4O4/c1-2-27(9-17(19,20)21)14(15(25)30)16(31)26-10-3-4-12(11(7-10)18(22,23)24)28-5-6-32-8-13(28)29/h3-4,7,14H,2,5-6,8-9H2,1H3,(H2,25,30)(H,26,31)/t14-/m0/s1.